The molecule has 0 bridgehead atoms. The summed E-state index contributed by atoms with van der Waals surface area (Å²) in [7, 11) is 0. The van der Waals surface area contributed by atoms with Crippen molar-refractivity contribution in [2.45, 2.75) is 0 Å². The Morgan fingerprint density at radius 2 is 0.692 bits per heavy atom. The van der Waals surface area contributed by atoms with Crippen LogP contribution in [0.5, 0.6) is 0 Å². The Bertz CT molecular complexity index is 1450. The third kappa shape index (κ3) is 3.95. The van der Waals surface area contributed by atoms with Crippen molar-refractivity contribution >= 4 is 37.8 Å². The van der Waals surface area contributed by atoms with Gasteiger partial charge in [0.2, 0.25) is 0 Å². The van der Waals surface area contributed by atoms with Gasteiger partial charge in [0.15, 0.2) is 0 Å². The van der Waals surface area contributed by atoms with E-state index in [0.717, 1.165) is 0 Å². The Morgan fingerprint density at radius 3 is 0.974 bits per heavy atom. The summed E-state index contributed by atoms with van der Waals surface area (Å²) < 4.78 is 80.9. The molecule has 0 atom stereocenters. The molecule has 2 nitrogen and oxygen atoms in total. The van der Waals surface area contributed by atoms with E-state index >= 15 is 0 Å². The van der Waals surface area contributed by atoms with Crippen molar-refractivity contribution in [1.29, 1.82) is 0 Å². The third-order valence-corrected chi connectivity index (χ3v) is 22.8. The van der Waals surface area contributed by atoms with Crippen LogP contribution in [0.2, 0.25) is 0 Å². The van der Waals surface area contributed by atoms with Gasteiger partial charge < -0.3 is 0 Å². The molecule has 0 aliphatic rings. The zero-order valence-corrected chi connectivity index (χ0v) is 22.8. The fourth-order valence-corrected chi connectivity index (χ4v) is 20.9. The van der Waals surface area contributed by atoms with E-state index in [-0.39, 0.29) is 0 Å². The second-order valence-electron chi connectivity index (χ2n) is 8.70. The van der Waals surface area contributed by atoms with Crippen LogP contribution in [0.1, 0.15) is 10.4 Å². The molecule has 0 aliphatic heterocycles. The number of benzene rings is 5. The number of carbonyl (C=O) groups excluding carboxylic acids is 1. The molecule has 0 radical (unpaired) electrons. The minimum absolute atomic E-state index is 0.547. The fourth-order valence-electron chi connectivity index (χ4n) is 4.95. The quantitative estimate of drug-likeness (QED) is 0.112. The van der Waals surface area contributed by atoms with E-state index in [4.69, 9.17) is 3.02 Å². The minimum atomic E-state index is -5.97. The van der Waals surface area contributed by atoms with Crippen LogP contribution in [0.4, 0.5) is 22.0 Å². The summed E-state index contributed by atoms with van der Waals surface area (Å²) in [6.45, 7) is 0. The van der Waals surface area contributed by atoms with E-state index in [0.29, 0.717) is 14.0 Å². The summed E-state index contributed by atoms with van der Waals surface area (Å²) in [5, 5.41) is 0. The van der Waals surface area contributed by atoms with Crippen LogP contribution in [0, 0.1) is 29.1 Å². The van der Waals surface area contributed by atoms with Crippen LogP contribution < -0.4 is 14.0 Å². The molecule has 0 aliphatic carbocycles. The van der Waals surface area contributed by atoms with Crippen molar-refractivity contribution in [2.75, 3.05) is 0 Å². The molecule has 0 heterocycles. The molecule has 0 saturated heterocycles. The van der Waals surface area contributed by atoms with Crippen molar-refractivity contribution in [3.63, 3.8) is 0 Å². The molecule has 196 valence electrons. The van der Waals surface area contributed by atoms with Gasteiger partial charge in [-0.15, -0.1) is 0 Å². The van der Waals surface area contributed by atoms with Gasteiger partial charge in [0.05, 0.1) is 0 Å². The van der Waals surface area contributed by atoms with Crippen molar-refractivity contribution in [2.24, 2.45) is 0 Å². The van der Waals surface area contributed by atoms with Crippen LogP contribution in [-0.4, -0.2) is 23.8 Å². The van der Waals surface area contributed by atoms with Gasteiger partial charge in [0, 0.05) is 0 Å². The first-order valence-corrected chi connectivity index (χ1v) is 18.0. The van der Waals surface area contributed by atoms with Crippen LogP contribution in [0.25, 0.3) is 0 Å². The van der Waals surface area contributed by atoms with Gasteiger partial charge in [0.1, 0.15) is 0 Å². The SMILES string of the molecule is O=C([O][Sb]([c]1ccccc1)([c]1ccccc1)([c]1ccccc1)[c]1ccccc1)c1c(F)c(F)c(F)c(F)c1F. The van der Waals surface area contributed by atoms with Gasteiger partial charge >= 0.3 is 224 Å². The zero-order chi connectivity index (χ0) is 27.6. The van der Waals surface area contributed by atoms with Gasteiger partial charge in [-0.1, -0.05) is 0 Å². The van der Waals surface area contributed by atoms with Crippen molar-refractivity contribution < 1.29 is 29.8 Å². The summed E-state index contributed by atoms with van der Waals surface area (Å²) in [5.74, 6) is -13.0. The Balaban J connectivity index is 1.98. The van der Waals surface area contributed by atoms with Crippen LogP contribution >= 0.6 is 0 Å². The molecule has 0 N–H and O–H groups in total. The molecule has 5 rings (SSSR count). The Labute approximate surface area is 222 Å². The zero-order valence-electron chi connectivity index (χ0n) is 20.2. The standard InChI is InChI=1S/C7HF5O2.4C6H5.Sb/c8-2-1(7(13)14)3(9)5(11)6(12)4(2)10;4*1-2-4-6-5-3-1;/h(H,13,14);4*1-5H;/q;;;;;+1/p-1. The maximum absolute atomic E-state index is 15.0. The van der Waals surface area contributed by atoms with Gasteiger partial charge in [0.25, 0.3) is 0 Å². The van der Waals surface area contributed by atoms with Crippen molar-refractivity contribution in [3.05, 3.63) is 156 Å². The predicted molar refractivity (Wildman–Crippen MR) is 142 cm³/mol. The second-order valence-corrected chi connectivity index (χ2v) is 21.0. The molecule has 8 heteroatoms. The molecule has 0 saturated carbocycles. The molecule has 5 aromatic carbocycles. The summed E-state index contributed by atoms with van der Waals surface area (Å²) in [6, 6.07) is 35.0. The average Bonchev–Trinajstić information content (AvgIpc) is 3.00. The molecule has 5 aromatic rings. The van der Waals surface area contributed by atoms with Gasteiger partial charge in [-0.2, -0.15) is 0 Å². The predicted octanol–water partition coefficient (Wildman–Crippen LogP) is 5.07. The molecule has 0 spiro atoms. The molecule has 39 heavy (non-hydrogen) atoms. The van der Waals surface area contributed by atoms with Crippen LogP contribution in [-0.2, 0) is 3.02 Å². The fraction of sp³-hybridized carbons (Fsp3) is 0. The van der Waals surface area contributed by atoms with Crippen LogP contribution in [0.3, 0.4) is 0 Å². The Morgan fingerprint density at radius 1 is 0.436 bits per heavy atom. The van der Waals surface area contributed by atoms with Gasteiger partial charge in [-0.3, -0.25) is 0 Å². The molecular weight excluding hydrogens is 621 g/mol. The number of carbonyl (C=O) groups is 1. The molecule has 0 unspecified atom stereocenters. The Hall–Kier alpha value is -3.96. The van der Waals surface area contributed by atoms with Crippen molar-refractivity contribution in [3.8, 4) is 0 Å². The molecule has 0 aromatic heterocycles. The van der Waals surface area contributed by atoms with Crippen LogP contribution in [0.15, 0.2) is 121 Å². The summed E-state index contributed by atoms with van der Waals surface area (Å²) in [5.41, 5.74) is -1.65. The van der Waals surface area contributed by atoms with E-state index in [1.807, 2.05) is 0 Å². The molecule has 0 amide bonds. The number of hydrogen-bond donors (Lipinski definition) is 0. The van der Waals surface area contributed by atoms with E-state index < -0.39 is 58.4 Å². The molecule has 0 fully saturated rings. The van der Waals surface area contributed by atoms with E-state index in [9.17, 15) is 26.7 Å². The van der Waals surface area contributed by atoms with E-state index in [1.54, 1.807) is 121 Å². The summed E-state index contributed by atoms with van der Waals surface area (Å²) in [4.78, 5) is 13.9. The average molecular weight is 641 g/mol. The summed E-state index contributed by atoms with van der Waals surface area (Å²) in [6.07, 6.45) is 0. The van der Waals surface area contributed by atoms with Gasteiger partial charge in [-0.25, -0.2) is 0 Å². The maximum atomic E-state index is 15.0. The van der Waals surface area contributed by atoms with Gasteiger partial charge in [-0.05, 0) is 0 Å². The first kappa shape index (κ1) is 26.6. The normalized spacial score (nSPS) is 12.4. The topological polar surface area (TPSA) is 26.3 Å². The van der Waals surface area contributed by atoms with Crippen molar-refractivity contribution in [1.82, 2.24) is 0 Å². The summed E-state index contributed by atoms with van der Waals surface area (Å²) >= 11 is -5.97. The number of rotatable bonds is 6. The number of halogens is 5. The molecular formula is C31H20F5O2Sb. The Kier molecular flexibility index (Phi) is 7.04. The number of hydrogen-bond acceptors (Lipinski definition) is 2. The van der Waals surface area contributed by atoms with E-state index in [1.165, 1.54) is 0 Å². The van der Waals surface area contributed by atoms with E-state index in [2.05, 4.69) is 0 Å². The first-order valence-electron chi connectivity index (χ1n) is 11.8. The third-order valence-electron chi connectivity index (χ3n) is 6.68. The first-order chi connectivity index (χ1) is 18.8. The monoisotopic (exact) mass is 640 g/mol. The second kappa shape index (κ2) is 10.3.